The van der Waals surface area contributed by atoms with Crippen LogP contribution in [0.1, 0.15) is 95.0 Å². The molecule has 1 aliphatic carbocycles. The van der Waals surface area contributed by atoms with E-state index in [4.69, 9.17) is 15.1 Å². The molecule has 3 fully saturated rings. The number of thiazole rings is 1. The van der Waals surface area contributed by atoms with Gasteiger partial charge < -0.3 is 30.4 Å². The molecule has 6 aromatic rings. The van der Waals surface area contributed by atoms with E-state index in [0.29, 0.717) is 65.4 Å². The molecule has 378 valence electrons. The number of hydrogen-bond donors (Lipinski definition) is 5. The molecule has 4 aromatic carbocycles. The Kier molecular flexibility index (Phi) is 14.6. The minimum Gasteiger partial charge on any atom is -0.490 e. The highest BCUT2D eigenvalue weighted by atomic mass is 32.1. The van der Waals surface area contributed by atoms with Gasteiger partial charge in [0.2, 0.25) is 11.8 Å². The van der Waals surface area contributed by atoms with Gasteiger partial charge in [0, 0.05) is 80.8 Å². The summed E-state index contributed by atoms with van der Waals surface area (Å²) in [6.45, 7) is 10.3. The maximum absolute atomic E-state index is 13.7. The topological polar surface area (TPSA) is 193 Å². The lowest BCUT2D eigenvalue weighted by Crippen LogP contribution is -2.47. The number of piperidine rings is 1. The Morgan fingerprint density at radius 3 is 2.42 bits per heavy atom. The van der Waals surface area contributed by atoms with Crippen molar-refractivity contribution in [3.63, 3.8) is 0 Å². The lowest BCUT2D eigenvalue weighted by molar-refractivity contribution is -0.134. The van der Waals surface area contributed by atoms with E-state index in [2.05, 4.69) is 43.7 Å². The SMILES string of the molecule is CNc1cc(N2CCN(CCC(C)C3CCC(Oc4cccc(-c5ccc(N6CCc7cccc(C(=O)Nc8nc9ccccc9s8)c7C6)nc5C(=O)O)c4C)CC3)CC2)ccc1C(=N)C1CCC(=O)NC1=O. The highest BCUT2D eigenvalue weighted by molar-refractivity contribution is 7.22. The van der Waals surface area contributed by atoms with Crippen LogP contribution in [-0.4, -0.2) is 102 Å². The molecule has 73 heavy (non-hydrogen) atoms. The minimum absolute atomic E-state index is 0.0252. The number of carbonyl (C=O) groups is 4. The first-order chi connectivity index (χ1) is 35.4. The zero-order valence-corrected chi connectivity index (χ0v) is 42.5. The van der Waals surface area contributed by atoms with Gasteiger partial charge in [0.1, 0.15) is 11.6 Å². The first-order valence-corrected chi connectivity index (χ1v) is 26.5. The fourth-order valence-electron chi connectivity index (χ4n) is 11.3. The average molecular weight is 1000 g/mol. The van der Waals surface area contributed by atoms with Gasteiger partial charge in [0.05, 0.1) is 28.0 Å². The van der Waals surface area contributed by atoms with Gasteiger partial charge in [0.25, 0.3) is 5.91 Å². The summed E-state index contributed by atoms with van der Waals surface area (Å²) in [5.74, 6) is -0.101. The Balaban J connectivity index is 0.713. The monoisotopic (exact) mass is 1000 g/mol. The van der Waals surface area contributed by atoms with Crippen LogP contribution < -0.4 is 30.5 Å². The number of anilines is 4. The summed E-state index contributed by atoms with van der Waals surface area (Å²) >= 11 is 1.44. The number of carboxylic acid groups (broad SMARTS) is 1. The fraction of sp³-hybridized carbons (Fsp3) is 0.386. The van der Waals surface area contributed by atoms with E-state index in [1.54, 1.807) is 0 Å². The highest BCUT2D eigenvalue weighted by Crippen LogP contribution is 2.39. The molecule has 3 amide bonds. The van der Waals surface area contributed by atoms with Crippen LogP contribution >= 0.6 is 11.3 Å². The van der Waals surface area contributed by atoms with Crippen LogP contribution in [0, 0.1) is 30.1 Å². The van der Waals surface area contributed by atoms with Crippen LogP contribution in [0.4, 0.5) is 22.3 Å². The summed E-state index contributed by atoms with van der Waals surface area (Å²) < 4.78 is 7.71. The largest absolute Gasteiger partial charge is 0.490 e. The van der Waals surface area contributed by atoms with E-state index in [0.717, 1.165) is 114 Å². The average Bonchev–Trinajstić information content (AvgIpc) is 3.82. The van der Waals surface area contributed by atoms with Crippen LogP contribution in [0.2, 0.25) is 0 Å². The van der Waals surface area contributed by atoms with Gasteiger partial charge >= 0.3 is 5.97 Å². The number of hydrogen-bond acceptors (Lipinski definition) is 13. The summed E-state index contributed by atoms with van der Waals surface area (Å²) in [4.78, 5) is 67.1. The third-order valence-corrected chi connectivity index (χ3v) is 16.6. The summed E-state index contributed by atoms with van der Waals surface area (Å²) in [6, 6.07) is 29.2. The fourth-order valence-corrected chi connectivity index (χ4v) is 12.1. The lowest BCUT2D eigenvalue weighted by Gasteiger charge is -2.38. The van der Waals surface area contributed by atoms with Gasteiger partial charge in [-0.1, -0.05) is 54.7 Å². The van der Waals surface area contributed by atoms with Crippen molar-refractivity contribution in [2.75, 3.05) is 66.7 Å². The van der Waals surface area contributed by atoms with Gasteiger partial charge in [0.15, 0.2) is 10.8 Å². The van der Waals surface area contributed by atoms with Crippen LogP contribution in [0.25, 0.3) is 21.3 Å². The first-order valence-electron chi connectivity index (χ1n) is 25.7. The molecule has 2 atom stereocenters. The molecule has 5 heterocycles. The van der Waals surface area contributed by atoms with E-state index >= 15 is 0 Å². The zero-order valence-electron chi connectivity index (χ0n) is 41.7. The number of imide groups is 1. The number of benzene rings is 4. The second-order valence-electron chi connectivity index (χ2n) is 20.0. The number of rotatable bonds is 15. The van der Waals surface area contributed by atoms with Crippen molar-refractivity contribution in [2.45, 2.75) is 77.9 Å². The molecule has 0 bridgehead atoms. The molecule has 15 nitrogen and oxygen atoms in total. The van der Waals surface area contributed by atoms with Crippen LogP contribution in [0.5, 0.6) is 5.75 Å². The van der Waals surface area contributed by atoms with Crippen molar-refractivity contribution in [1.29, 1.82) is 5.41 Å². The number of fused-ring (bicyclic) bond motifs is 2. The molecule has 2 saturated heterocycles. The summed E-state index contributed by atoms with van der Waals surface area (Å²) in [7, 11) is 1.83. The van der Waals surface area contributed by atoms with Gasteiger partial charge in [-0.2, -0.15) is 0 Å². The number of piperazine rings is 1. The van der Waals surface area contributed by atoms with Crippen LogP contribution in [-0.2, 0) is 22.6 Å². The third kappa shape index (κ3) is 10.7. The van der Waals surface area contributed by atoms with Crippen molar-refractivity contribution >= 4 is 73.3 Å². The smallest absolute Gasteiger partial charge is 0.355 e. The number of carboxylic acids is 1. The van der Waals surface area contributed by atoms with Crippen molar-refractivity contribution in [2.24, 2.45) is 17.8 Å². The van der Waals surface area contributed by atoms with Crippen molar-refractivity contribution in [1.82, 2.24) is 20.2 Å². The van der Waals surface area contributed by atoms with Crippen LogP contribution in [0.3, 0.4) is 0 Å². The molecule has 2 aromatic heterocycles. The van der Waals surface area contributed by atoms with Crippen LogP contribution in [0.15, 0.2) is 91.0 Å². The van der Waals surface area contributed by atoms with E-state index < -0.39 is 17.8 Å². The Labute approximate surface area is 429 Å². The second-order valence-corrected chi connectivity index (χ2v) is 21.0. The quantitative estimate of drug-likeness (QED) is 0.0484. The number of carbonyl (C=O) groups excluding carboxylic acids is 3. The zero-order chi connectivity index (χ0) is 50.8. The predicted octanol–water partition coefficient (Wildman–Crippen LogP) is 9.43. The molecule has 0 radical (unpaired) electrons. The lowest BCUT2D eigenvalue weighted by atomic mass is 9.78. The van der Waals surface area contributed by atoms with E-state index in [-0.39, 0.29) is 35.7 Å². The van der Waals surface area contributed by atoms with Gasteiger partial charge in [-0.05, 0) is 147 Å². The van der Waals surface area contributed by atoms with Gasteiger partial charge in [-0.25, -0.2) is 14.8 Å². The van der Waals surface area contributed by atoms with Crippen molar-refractivity contribution in [3.8, 4) is 16.9 Å². The first kappa shape index (κ1) is 49.4. The van der Waals surface area contributed by atoms with E-state index in [1.165, 1.54) is 11.3 Å². The Hall–Kier alpha value is -7.17. The Morgan fingerprint density at radius 2 is 1.66 bits per heavy atom. The standard InChI is InChI=1S/C57H63N9O6S/c1-34(24-26-64-28-30-65(31-29-64)38-16-19-43(47(32-38)59-3)52(58)44-21-23-51(67)62-55(44)69)36-14-17-39(18-15-36)72-48-12-7-9-40(35(48)2)41-20-22-50(61-53(41)56(70)71)66-27-25-37-8-6-10-42(45(37)33-66)54(68)63-57-60-46-11-4-5-13-49(46)73-57/h4-13,16,19-20,22,32,34,36,39,44,58-59H,14-15,17-18,21,23-31,33H2,1-3H3,(H,70,71)(H,60,63,68)(H,62,67,69). The van der Waals surface area contributed by atoms with Crippen molar-refractivity contribution < 1.29 is 29.0 Å². The predicted molar refractivity (Wildman–Crippen MR) is 288 cm³/mol. The molecular weight excluding hydrogens is 939 g/mol. The van der Waals surface area contributed by atoms with E-state index in [1.807, 2.05) is 104 Å². The number of amides is 3. The highest BCUT2D eigenvalue weighted by Gasteiger charge is 2.33. The molecule has 0 spiro atoms. The summed E-state index contributed by atoms with van der Waals surface area (Å²) in [5, 5.41) is 28.5. The molecule has 5 N–H and O–H groups in total. The minimum atomic E-state index is -1.11. The molecule has 10 rings (SSSR count). The second kappa shape index (κ2) is 21.5. The number of aromatic carboxylic acids is 1. The maximum atomic E-state index is 13.7. The van der Waals surface area contributed by atoms with Crippen molar-refractivity contribution in [3.05, 3.63) is 125 Å². The molecule has 1 saturated carbocycles. The maximum Gasteiger partial charge on any atom is 0.355 e. The number of nitrogens with zero attached hydrogens (tertiary/aromatic N) is 5. The number of aromatic nitrogens is 2. The van der Waals surface area contributed by atoms with E-state index in [9.17, 15) is 24.3 Å². The number of ether oxygens (including phenoxy) is 1. The molecule has 16 heteroatoms. The summed E-state index contributed by atoms with van der Waals surface area (Å²) in [6.07, 6.45) is 6.67. The number of nitrogens with one attached hydrogen (secondary N) is 4. The van der Waals surface area contributed by atoms with Gasteiger partial charge in [-0.3, -0.25) is 29.9 Å². The Morgan fingerprint density at radius 1 is 0.863 bits per heavy atom. The normalized spacial score (nSPS) is 19.7. The van der Waals surface area contributed by atoms with Gasteiger partial charge in [-0.15, -0.1) is 0 Å². The molecular formula is C57H63N9O6S. The number of para-hydroxylation sites is 1. The summed E-state index contributed by atoms with van der Waals surface area (Å²) in [5.41, 5.74) is 8.38. The molecule has 4 aliphatic rings. The molecule has 3 aliphatic heterocycles. The number of pyridine rings is 1. The third-order valence-electron chi connectivity index (χ3n) is 15.6. The molecule has 2 unspecified atom stereocenters. The Bertz CT molecular complexity index is 3050.